The average Bonchev–Trinajstić information content (AvgIpc) is 3.33. The van der Waals surface area contributed by atoms with E-state index >= 15 is 0 Å². The quantitative estimate of drug-likeness (QED) is 0.0321. The van der Waals surface area contributed by atoms with Crippen LogP contribution in [-0.2, 0) is 14.3 Å². The van der Waals surface area contributed by atoms with Crippen LogP contribution in [-0.4, -0.2) is 47.4 Å². The first-order chi connectivity index (χ1) is 33.0. The average molecular weight is 943 g/mol. The number of hydrogen-bond donors (Lipinski definition) is 3. The van der Waals surface area contributed by atoms with Crippen LogP contribution in [0, 0.1) is 0 Å². The number of esters is 1. The lowest BCUT2D eigenvalue weighted by Crippen LogP contribution is -2.45. The first-order valence-corrected chi connectivity index (χ1v) is 29.8. The largest absolute Gasteiger partial charge is 0.466 e. The van der Waals surface area contributed by atoms with Crippen molar-refractivity contribution in [2.24, 2.45) is 0 Å². The van der Waals surface area contributed by atoms with Gasteiger partial charge in [-0.25, -0.2) is 0 Å². The smallest absolute Gasteiger partial charge is 0.305 e. The number of rotatable bonds is 55. The standard InChI is InChI=1S/C61H115NO5/c1-3-5-7-9-11-13-14-15-16-25-29-32-35-39-43-47-51-55-61(66)67-56-52-48-44-40-36-33-30-27-24-22-20-18-17-19-21-23-26-28-31-34-38-42-46-50-54-60(65)62-58(57-63)59(64)53-49-45-41-37-12-10-8-6-4-2/h15-16,19,21,49,53,58-59,63-64H,3-14,17-18,20,22-48,50-52,54-57H2,1-2H3,(H,62,65)/b16-15-,21-19-,53-49+. The lowest BCUT2D eigenvalue weighted by atomic mass is 10.0. The van der Waals surface area contributed by atoms with E-state index in [2.05, 4.69) is 43.5 Å². The molecule has 2 atom stereocenters. The van der Waals surface area contributed by atoms with Crippen LogP contribution in [0.15, 0.2) is 36.5 Å². The molecule has 0 radical (unpaired) electrons. The summed E-state index contributed by atoms with van der Waals surface area (Å²) >= 11 is 0. The van der Waals surface area contributed by atoms with Crippen LogP contribution in [0.1, 0.15) is 316 Å². The van der Waals surface area contributed by atoms with Crippen LogP contribution in [0.3, 0.4) is 0 Å². The monoisotopic (exact) mass is 942 g/mol. The molecule has 67 heavy (non-hydrogen) atoms. The first kappa shape index (κ1) is 65.1. The maximum Gasteiger partial charge on any atom is 0.305 e. The van der Waals surface area contributed by atoms with Crippen molar-refractivity contribution in [3.63, 3.8) is 0 Å². The zero-order chi connectivity index (χ0) is 48.6. The molecule has 0 aromatic carbocycles. The van der Waals surface area contributed by atoms with Gasteiger partial charge in [-0.05, 0) is 83.5 Å². The number of ether oxygens (including phenoxy) is 1. The second-order valence-corrected chi connectivity index (χ2v) is 20.3. The molecule has 6 heteroatoms. The maximum absolute atomic E-state index is 12.4. The first-order valence-electron chi connectivity index (χ1n) is 29.8. The van der Waals surface area contributed by atoms with E-state index in [-0.39, 0.29) is 18.5 Å². The fraction of sp³-hybridized carbons (Fsp3) is 0.869. The Morgan fingerprint density at radius 3 is 1.06 bits per heavy atom. The molecule has 0 aliphatic heterocycles. The third kappa shape index (κ3) is 53.3. The van der Waals surface area contributed by atoms with Crippen LogP contribution >= 0.6 is 0 Å². The van der Waals surface area contributed by atoms with Crippen molar-refractivity contribution in [1.82, 2.24) is 5.32 Å². The van der Waals surface area contributed by atoms with Gasteiger partial charge in [0, 0.05) is 12.8 Å². The Balaban J connectivity index is 3.38. The molecule has 0 rings (SSSR count). The fourth-order valence-corrected chi connectivity index (χ4v) is 9.03. The predicted molar refractivity (Wildman–Crippen MR) is 292 cm³/mol. The summed E-state index contributed by atoms with van der Waals surface area (Å²) in [5.74, 6) is -0.0669. The van der Waals surface area contributed by atoms with Gasteiger partial charge in [0.15, 0.2) is 0 Å². The van der Waals surface area contributed by atoms with E-state index < -0.39 is 12.1 Å². The van der Waals surface area contributed by atoms with Gasteiger partial charge >= 0.3 is 5.97 Å². The summed E-state index contributed by atoms with van der Waals surface area (Å²) in [5.41, 5.74) is 0. The second kappa shape index (κ2) is 56.7. The fourth-order valence-electron chi connectivity index (χ4n) is 9.03. The van der Waals surface area contributed by atoms with Gasteiger partial charge in [-0.1, -0.05) is 256 Å². The molecule has 0 spiro atoms. The number of allylic oxidation sites excluding steroid dienone is 5. The van der Waals surface area contributed by atoms with E-state index in [1.165, 1.54) is 244 Å². The lowest BCUT2D eigenvalue weighted by molar-refractivity contribution is -0.143. The Kier molecular flexibility index (Phi) is 55.0. The van der Waals surface area contributed by atoms with Crippen molar-refractivity contribution in [2.75, 3.05) is 13.2 Å². The van der Waals surface area contributed by atoms with Crippen molar-refractivity contribution in [2.45, 2.75) is 328 Å². The van der Waals surface area contributed by atoms with Gasteiger partial charge in [0.2, 0.25) is 5.91 Å². The molecule has 394 valence electrons. The van der Waals surface area contributed by atoms with Crippen molar-refractivity contribution >= 4 is 11.9 Å². The minimum absolute atomic E-state index is 0.00837. The normalized spacial score (nSPS) is 12.8. The molecule has 6 nitrogen and oxygen atoms in total. The predicted octanol–water partition coefficient (Wildman–Crippen LogP) is 18.4. The Bertz CT molecular complexity index is 1090. The third-order valence-electron chi connectivity index (χ3n) is 13.6. The molecule has 0 heterocycles. The summed E-state index contributed by atoms with van der Waals surface area (Å²) in [6.45, 7) is 4.87. The topological polar surface area (TPSA) is 95.9 Å². The van der Waals surface area contributed by atoms with Crippen LogP contribution < -0.4 is 5.32 Å². The molecule has 0 saturated heterocycles. The summed E-state index contributed by atoms with van der Waals surface area (Å²) in [4.78, 5) is 24.5. The van der Waals surface area contributed by atoms with Crippen LogP contribution in [0.5, 0.6) is 0 Å². The Labute approximate surface area is 417 Å². The van der Waals surface area contributed by atoms with Crippen molar-refractivity contribution < 1.29 is 24.5 Å². The Hall–Kier alpha value is -1.92. The van der Waals surface area contributed by atoms with E-state index in [0.717, 1.165) is 44.9 Å². The number of hydrogen-bond acceptors (Lipinski definition) is 5. The van der Waals surface area contributed by atoms with E-state index in [1.807, 2.05) is 6.08 Å². The zero-order valence-electron chi connectivity index (χ0n) is 44.9. The number of amides is 1. The number of nitrogens with one attached hydrogen (secondary N) is 1. The molecule has 0 aliphatic rings. The van der Waals surface area contributed by atoms with Crippen molar-refractivity contribution in [3.05, 3.63) is 36.5 Å². The van der Waals surface area contributed by atoms with E-state index in [1.54, 1.807) is 6.08 Å². The van der Waals surface area contributed by atoms with E-state index in [9.17, 15) is 19.8 Å². The van der Waals surface area contributed by atoms with Gasteiger partial charge in [-0.3, -0.25) is 9.59 Å². The molecule has 0 aromatic rings. The number of aliphatic hydroxyl groups is 2. The molecule has 0 bridgehead atoms. The molecular formula is C61H115NO5. The van der Waals surface area contributed by atoms with E-state index in [0.29, 0.717) is 19.4 Å². The second-order valence-electron chi connectivity index (χ2n) is 20.3. The summed E-state index contributed by atoms with van der Waals surface area (Å²) in [6, 6.07) is -0.629. The van der Waals surface area contributed by atoms with Gasteiger partial charge in [0.1, 0.15) is 0 Å². The molecule has 0 fully saturated rings. The van der Waals surface area contributed by atoms with Gasteiger partial charge < -0.3 is 20.3 Å². The molecule has 3 N–H and O–H groups in total. The van der Waals surface area contributed by atoms with Crippen molar-refractivity contribution in [3.8, 4) is 0 Å². The highest BCUT2D eigenvalue weighted by Gasteiger charge is 2.18. The Morgan fingerprint density at radius 2 is 0.701 bits per heavy atom. The maximum atomic E-state index is 12.4. The van der Waals surface area contributed by atoms with Crippen LogP contribution in [0.25, 0.3) is 0 Å². The highest BCUT2D eigenvalue weighted by Crippen LogP contribution is 2.16. The molecule has 0 saturated carbocycles. The minimum Gasteiger partial charge on any atom is -0.466 e. The number of aliphatic hydroxyl groups excluding tert-OH is 2. The highest BCUT2D eigenvalue weighted by molar-refractivity contribution is 5.76. The highest BCUT2D eigenvalue weighted by atomic mass is 16.5. The van der Waals surface area contributed by atoms with Gasteiger partial charge in [-0.15, -0.1) is 0 Å². The molecular weight excluding hydrogens is 827 g/mol. The summed E-state index contributed by atoms with van der Waals surface area (Å²) in [6.07, 6.45) is 70.5. The number of carbonyl (C=O) groups excluding carboxylic acids is 2. The molecule has 1 amide bonds. The number of unbranched alkanes of at least 4 members (excludes halogenated alkanes) is 40. The molecule has 0 aromatic heterocycles. The zero-order valence-corrected chi connectivity index (χ0v) is 44.9. The van der Waals surface area contributed by atoms with Gasteiger partial charge in [0.05, 0.1) is 25.4 Å². The third-order valence-corrected chi connectivity index (χ3v) is 13.6. The van der Waals surface area contributed by atoms with Crippen LogP contribution in [0.4, 0.5) is 0 Å². The van der Waals surface area contributed by atoms with Gasteiger partial charge in [-0.2, -0.15) is 0 Å². The lowest BCUT2D eigenvalue weighted by Gasteiger charge is -2.20. The number of carbonyl (C=O) groups is 2. The van der Waals surface area contributed by atoms with Gasteiger partial charge in [0.25, 0.3) is 0 Å². The van der Waals surface area contributed by atoms with Crippen molar-refractivity contribution in [1.29, 1.82) is 0 Å². The van der Waals surface area contributed by atoms with Crippen LogP contribution in [0.2, 0.25) is 0 Å². The SMILES string of the molecule is CCCCCCCC/C=C\CCCCCCCCCC(=O)OCCCCCCCCCCCCCC/C=C\CCCCCCCCCCC(=O)NC(CO)C(O)/C=C/CCCCCCCCC. The molecule has 2 unspecified atom stereocenters. The minimum atomic E-state index is -0.845. The summed E-state index contributed by atoms with van der Waals surface area (Å²) in [7, 11) is 0. The van der Waals surface area contributed by atoms with E-state index in [4.69, 9.17) is 4.74 Å². The summed E-state index contributed by atoms with van der Waals surface area (Å²) < 4.78 is 5.49. The summed E-state index contributed by atoms with van der Waals surface area (Å²) in [5, 5.41) is 22.9. The molecule has 0 aliphatic carbocycles. The Morgan fingerprint density at radius 1 is 0.403 bits per heavy atom.